The summed E-state index contributed by atoms with van der Waals surface area (Å²) in [6.45, 7) is 4.28. The number of aryl methyl sites for hydroxylation is 1. The van der Waals surface area contributed by atoms with Crippen molar-refractivity contribution in [3.63, 3.8) is 0 Å². The Morgan fingerprint density at radius 1 is 1.19 bits per heavy atom. The molecule has 3 heterocycles. The van der Waals surface area contributed by atoms with Gasteiger partial charge < -0.3 is 15.5 Å². The first kappa shape index (κ1) is 17.9. The van der Waals surface area contributed by atoms with Crippen molar-refractivity contribution in [2.45, 2.75) is 38.6 Å². The Morgan fingerprint density at radius 2 is 2.00 bits per heavy atom. The first-order valence-electron chi connectivity index (χ1n) is 9.79. The fraction of sp³-hybridized carbons (Fsp3) is 0.476. The summed E-state index contributed by atoms with van der Waals surface area (Å²) in [7, 11) is 0. The molecule has 1 aromatic heterocycles. The number of carbonyl (C=O) groups is 2. The third-order valence-electron chi connectivity index (χ3n) is 5.64. The van der Waals surface area contributed by atoms with Crippen LogP contribution < -0.4 is 10.6 Å². The number of hydrogen-bond donors (Lipinski definition) is 2. The summed E-state index contributed by atoms with van der Waals surface area (Å²) in [4.78, 5) is 31.5. The van der Waals surface area contributed by atoms with Gasteiger partial charge >= 0.3 is 0 Å². The van der Waals surface area contributed by atoms with Crippen LogP contribution in [0.2, 0.25) is 0 Å². The van der Waals surface area contributed by atoms with Gasteiger partial charge in [0.1, 0.15) is 0 Å². The number of fused-ring (bicyclic) bond motifs is 1. The molecule has 142 valence electrons. The summed E-state index contributed by atoms with van der Waals surface area (Å²) in [5.41, 5.74) is 2.82. The molecule has 2 N–H and O–H groups in total. The number of anilines is 1. The average molecular weight is 366 g/mol. The van der Waals surface area contributed by atoms with Gasteiger partial charge in [0.05, 0.1) is 23.4 Å². The first-order valence-corrected chi connectivity index (χ1v) is 9.79. The number of piperidine rings is 1. The Hall–Kier alpha value is -2.47. The zero-order chi connectivity index (χ0) is 18.8. The van der Waals surface area contributed by atoms with Crippen molar-refractivity contribution in [2.24, 2.45) is 5.92 Å². The van der Waals surface area contributed by atoms with Crippen LogP contribution in [-0.2, 0) is 9.59 Å². The van der Waals surface area contributed by atoms with E-state index in [9.17, 15) is 9.59 Å². The van der Waals surface area contributed by atoms with E-state index in [1.54, 1.807) is 6.20 Å². The Morgan fingerprint density at radius 3 is 2.74 bits per heavy atom. The number of nitrogens with one attached hydrogen (secondary N) is 2. The Bertz CT molecular complexity index is 852. The summed E-state index contributed by atoms with van der Waals surface area (Å²) < 4.78 is 0. The van der Waals surface area contributed by atoms with Gasteiger partial charge in [-0.2, -0.15) is 0 Å². The fourth-order valence-electron chi connectivity index (χ4n) is 4.04. The van der Waals surface area contributed by atoms with Gasteiger partial charge in [0.25, 0.3) is 0 Å². The van der Waals surface area contributed by atoms with Crippen molar-refractivity contribution in [1.82, 2.24) is 15.2 Å². The van der Waals surface area contributed by atoms with Crippen molar-refractivity contribution in [3.05, 3.63) is 36.0 Å². The van der Waals surface area contributed by atoms with Crippen molar-refractivity contribution in [3.8, 4) is 0 Å². The molecule has 2 saturated heterocycles. The molecule has 27 heavy (non-hydrogen) atoms. The molecule has 4 rings (SSSR count). The van der Waals surface area contributed by atoms with E-state index in [1.807, 2.05) is 30.0 Å². The summed E-state index contributed by atoms with van der Waals surface area (Å²) in [6, 6.07) is 8.03. The summed E-state index contributed by atoms with van der Waals surface area (Å²) in [6.07, 6.45) is 5.12. The zero-order valence-corrected chi connectivity index (χ0v) is 15.7. The third kappa shape index (κ3) is 3.95. The lowest BCUT2D eigenvalue weighted by Gasteiger charge is -2.33. The van der Waals surface area contributed by atoms with E-state index in [4.69, 9.17) is 0 Å². The highest BCUT2D eigenvalue weighted by atomic mass is 16.2. The van der Waals surface area contributed by atoms with Gasteiger partial charge in [0, 0.05) is 24.4 Å². The van der Waals surface area contributed by atoms with Crippen LogP contribution in [0.3, 0.4) is 0 Å². The topological polar surface area (TPSA) is 74.3 Å². The van der Waals surface area contributed by atoms with Crippen LogP contribution in [0.25, 0.3) is 10.9 Å². The number of amides is 2. The fourth-order valence-corrected chi connectivity index (χ4v) is 4.04. The number of benzene rings is 1. The maximum Gasteiger partial charge on any atom is 0.239 e. The minimum absolute atomic E-state index is 0.0230. The Balaban J connectivity index is 1.35. The molecule has 2 aromatic rings. The second-order valence-corrected chi connectivity index (χ2v) is 7.66. The van der Waals surface area contributed by atoms with Crippen LogP contribution in [0.15, 0.2) is 30.5 Å². The molecular formula is C21H26N4O2. The van der Waals surface area contributed by atoms with E-state index < -0.39 is 0 Å². The van der Waals surface area contributed by atoms with Crippen molar-refractivity contribution in [2.75, 3.05) is 25.0 Å². The van der Waals surface area contributed by atoms with Crippen LogP contribution in [0.4, 0.5) is 5.69 Å². The van der Waals surface area contributed by atoms with E-state index in [0.717, 1.165) is 36.0 Å². The standard InChI is InChI=1S/C21H26N4O2/c1-14-4-5-18-16(11-14)12-17(13-23-18)24-20(26)15-6-9-25(10-7-15)21(27)19-3-2-8-22-19/h4-5,11-13,15,19,22H,2-3,6-10H2,1H3,(H,24,26)/t19-/m0/s1. The van der Waals surface area contributed by atoms with Crippen molar-refractivity contribution in [1.29, 1.82) is 0 Å². The lowest BCUT2D eigenvalue weighted by molar-refractivity contribution is -0.136. The monoisotopic (exact) mass is 366 g/mol. The molecule has 0 spiro atoms. The summed E-state index contributed by atoms with van der Waals surface area (Å²) in [5, 5.41) is 7.29. The molecule has 0 radical (unpaired) electrons. The van der Waals surface area contributed by atoms with Crippen LogP contribution in [0.1, 0.15) is 31.2 Å². The highest BCUT2D eigenvalue weighted by molar-refractivity contribution is 5.94. The summed E-state index contributed by atoms with van der Waals surface area (Å²) >= 11 is 0. The molecule has 6 heteroatoms. The predicted molar refractivity (Wildman–Crippen MR) is 105 cm³/mol. The molecular weight excluding hydrogens is 340 g/mol. The van der Waals surface area contributed by atoms with Gasteiger partial charge in [-0.1, -0.05) is 11.6 Å². The molecule has 0 aliphatic carbocycles. The molecule has 2 fully saturated rings. The molecule has 2 aliphatic heterocycles. The maximum atomic E-state index is 12.6. The third-order valence-corrected chi connectivity index (χ3v) is 5.64. The largest absolute Gasteiger partial charge is 0.341 e. The number of aromatic nitrogens is 1. The van der Waals surface area contributed by atoms with Gasteiger partial charge in [0.2, 0.25) is 11.8 Å². The van der Waals surface area contributed by atoms with Crippen molar-refractivity contribution < 1.29 is 9.59 Å². The van der Waals surface area contributed by atoms with Crippen molar-refractivity contribution >= 4 is 28.4 Å². The number of nitrogens with zero attached hydrogens (tertiary/aromatic N) is 2. The number of likely N-dealkylation sites (tertiary alicyclic amines) is 1. The van der Waals surface area contributed by atoms with E-state index >= 15 is 0 Å². The van der Waals surface area contributed by atoms with Crippen LogP contribution >= 0.6 is 0 Å². The lowest BCUT2D eigenvalue weighted by Crippen LogP contribution is -2.48. The molecule has 1 atom stereocenters. The zero-order valence-electron chi connectivity index (χ0n) is 15.7. The second kappa shape index (κ2) is 7.64. The highest BCUT2D eigenvalue weighted by Crippen LogP contribution is 2.23. The normalized spacial score (nSPS) is 20.8. The Kier molecular flexibility index (Phi) is 5.07. The summed E-state index contributed by atoms with van der Waals surface area (Å²) in [5.74, 6) is 0.161. The van der Waals surface area contributed by atoms with E-state index in [1.165, 1.54) is 5.56 Å². The maximum absolute atomic E-state index is 12.6. The first-order chi connectivity index (χ1) is 13.1. The minimum Gasteiger partial charge on any atom is -0.341 e. The Labute approximate surface area is 159 Å². The minimum atomic E-state index is -0.0567. The lowest BCUT2D eigenvalue weighted by atomic mass is 9.95. The SMILES string of the molecule is Cc1ccc2ncc(NC(=O)C3CCN(C(=O)[C@@H]4CCCN4)CC3)cc2c1. The number of rotatable bonds is 3. The molecule has 0 bridgehead atoms. The molecule has 0 saturated carbocycles. The smallest absolute Gasteiger partial charge is 0.239 e. The van der Waals surface area contributed by atoms with E-state index in [-0.39, 0.29) is 23.8 Å². The molecule has 6 nitrogen and oxygen atoms in total. The van der Waals surface area contributed by atoms with Gasteiger partial charge in [0.15, 0.2) is 0 Å². The highest BCUT2D eigenvalue weighted by Gasteiger charge is 2.31. The number of hydrogen-bond acceptors (Lipinski definition) is 4. The van der Waals surface area contributed by atoms with Gasteiger partial charge in [-0.05, 0) is 57.4 Å². The van der Waals surface area contributed by atoms with Crippen LogP contribution in [-0.4, -0.2) is 47.4 Å². The average Bonchev–Trinajstić information content (AvgIpc) is 3.22. The quantitative estimate of drug-likeness (QED) is 0.875. The number of pyridine rings is 1. The van der Waals surface area contributed by atoms with Gasteiger partial charge in [-0.25, -0.2) is 0 Å². The van der Waals surface area contributed by atoms with Crippen LogP contribution in [0.5, 0.6) is 0 Å². The van der Waals surface area contributed by atoms with Gasteiger partial charge in [-0.15, -0.1) is 0 Å². The number of carbonyl (C=O) groups excluding carboxylic acids is 2. The molecule has 2 aliphatic rings. The molecule has 2 amide bonds. The van der Waals surface area contributed by atoms with Crippen LogP contribution in [0, 0.1) is 12.8 Å². The van der Waals surface area contributed by atoms with E-state index in [0.29, 0.717) is 25.9 Å². The molecule has 0 unspecified atom stereocenters. The van der Waals surface area contributed by atoms with E-state index in [2.05, 4.69) is 21.7 Å². The molecule has 1 aromatic carbocycles. The predicted octanol–water partition coefficient (Wildman–Crippen LogP) is 2.47. The second-order valence-electron chi connectivity index (χ2n) is 7.66. The van der Waals surface area contributed by atoms with Gasteiger partial charge in [-0.3, -0.25) is 14.6 Å².